The molecule has 2 atom stereocenters. The summed E-state index contributed by atoms with van der Waals surface area (Å²) in [5, 5.41) is 18.2. The Balaban J connectivity index is 3.76. The van der Waals surface area contributed by atoms with Crippen LogP contribution in [0.2, 0.25) is 0 Å². The van der Waals surface area contributed by atoms with Crippen LogP contribution in [0, 0.1) is 0 Å². The van der Waals surface area contributed by atoms with Gasteiger partial charge in [0.25, 0.3) is 6.41 Å². The second-order valence-electron chi connectivity index (χ2n) is 2.93. The van der Waals surface area contributed by atoms with Gasteiger partial charge in [0, 0.05) is 6.54 Å². The fourth-order valence-corrected chi connectivity index (χ4v) is 0.777. The lowest BCUT2D eigenvalue weighted by Gasteiger charge is -2.24. The van der Waals surface area contributed by atoms with Crippen LogP contribution < -0.4 is 0 Å². The monoisotopic (exact) mass is 175 g/mol. The number of ether oxygens (including phenoxy) is 1. The van der Waals surface area contributed by atoms with Crippen molar-refractivity contribution in [2.45, 2.75) is 26.4 Å². The van der Waals surface area contributed by atoms with Crippen LogP contribution in [0.1, 0.15) is 13.8 Å². The number of likely N-dealkylation sites (N-methyl/N-ethyl adjacent to an activating group) is 1. The van der Waals surface area contributed by atoms with E-state index in [0.717, 1.165) is 0 Å². The topological polar surface area (TPSA) is 52.9 Å². The number of aliphatic hydroxyl groups excluding tert-OH is 2. The lowest BCUT2D eigenvalue weighted by atomic mass is 10.4. The second kappa shape index (κ2) is 5.13. The Labute approximate surface area is 73.1 Å². The van der Waals surface area contributed by atoms with Crippen LogP contribution in [0.5, 0.6) is 0 Å². The van der Waals surface area contributed by atoms with Crippen LogP contribution in [-0.2, 0) is 4.74 Å². The van der Waals surface area contributed by atoms with Crippen molar-refractivity contribution in [3.63, 3.8) is 0 Å². The normalized spacial score (nSPS) is 15.8. The zero-order valence-electron chi connectivity index (χ0n) is 7.82. The van der Waals surface area contributed by atoms with Gasteiger partial charge < -0.3 is 14.9 Å². The largest absolute Gasteiger partial charge is 0.457 e. The smallest absolute Gasteiger partial charge is 0.259 e. The van der Waals surface area contributed by atoms with Gasteiger partial charge in [0.1, 0.15) is 0 Å². The lowest BCUT2D eigenvalue weighted by Crippen LogP contribution is -2.37. The first kappa shape index (κ1) is 11.4. The number of nitrogens with zero attached hydrogens (tertiary/aromatic N) is 1. The molecule has 4 heteroatoms. The van der Waals surface area contributed by atoms with Crippen LogP contribution >= 0.6 is 0 Å². The van der Waals surface area contributed by atoms with Crippen molar-refractivity contribution in [1.82, 2.24) is 4.90 Å². The summed E-state index contributed by atoms with van der Waals surface area (Å²) >= 11 is 0. The van der Waals surface area contributed by atoms with E-state index in [1.807, 2.05) is 0 Å². The Morgan fingerprint density at radius 2 is 2.08 bits per heavy atom. The zero-order valence-corrected chi connectivity index (χ0v) is 7.82. The van der Waals surface area contributed by atoms with Crippen molar-refractivity contribution in [3.8, 4) is 0 Å². The Morgan fingerprint density at radius 3 is 2.42 bits per heavy atom. The van der Waals surface area contributed by atoms with E-state index in [1.54, 1.807) is 20.9 Å². The Hall–Kier alpha value is -0.580. The van der Waals surface area contributed by atoms with Gasteiger partial charge in [0.05, 0.1) is 11.9 Å². The van der Waals surface area contributed by atoms with Gasteiger partial charge in [-0.2, -0.15) is 0 Å². The molecular formula is C8H17NO3. The van der Waals surface area contributed by atoms with Gasteiger partial charge >= 0.3 is 0 Å². The molecule has 0 aliphatic heterocycles. The van der Waals surface area contributed by atoms with Crippen molar-refractivity contribution in [2.75, 3.05) is 13.6 Å². The average Bonchev–Trinajstić information content (AvgIpc) is 1.84. The first-order chi connectivity index (χ1) is 5.43. The van der Waals surface area contributed by atoms with Crippen LogP contribution in [-0.4, -0.2) is 41.2 Å². The third-order valence-corrected chi connectivity index (χ3v) is 1.24. The van der Waals surface area contributed by atoms with E-state index in [9.17, 15) is 5.11 Å². The molecule has 0 fully saturated rings. The highest BCUT2D eigenvalue weighted by atomic mass is 16.6. The van der Waals surface area contributed by atoms with Crippen molar-refractivity contribution in [1.29, 1.82) is 0 Å². The Kier molecular flexibility index (Phi) is 4.89. The molecule has 0 aromatic rings. The van der Waals surface area contributed by atoms with Crippen molar-refractivity contribution in [3.05, 3.63) is 12.3 Å². The predicted octanol–water partition coefficient (Wildman–Crippen LogP) is 0.125. The summed E-state index contributed by atoms with van der Waals surface area (Å²) in [4.78, 5) is 1.49. The van der Waals surface area contributed by atoms with Gasteiger partial charge in [-0.1, -0.05) is 6.58 Å². The van der Waals surface area contributed by atoms with E-state index in [2.05, 4.69) is 6.58 Å². The summed E-state index contributed by atoms with van der Waals surface area (Å²) in [6, 6.07) is 0. The quantitative estimate of drug-likeness (QED) is 0.460. The van der Waals surface area contributed by atoms with Gasteiger partial charge in [0.15, 0.2) is 0 Å². The van der Waals surface area contributed by atoms with E-state index < -0.39 is 12.5 Å². The molecule has 0 unspecified atom stereocenters. The van der Waals surface area contributed by atoms with Gasteiger partial charge in [0.2, 0.25) is 0 Å². The molecule has 4 nitrogen and oxygen atoms in total. The molecule has 0 spiro atoms. The third kappa shape index (κ3) is 5.12. The van der Waals surface area contributed by atoms with Crippen LogP contribution in [0.15, 0.2) is 12.3 Å². The van der Waals surface area contributed by atoms with Crippen molar-refractivity contribution in [2.24, 2.45) is 0 Å². The fourth-order valence-electron chi connectivity index (χ4n) is 0.777. The van der Waals surface area contributed by atoms with E-state index >= 15 is 0 Å². The Morgan fingerprint density at radius 1 is 1.58 bits per heavy atom. The summed E-state index contributed by atoms with van der Waals surface area (Å²) in [6.07, 6.45) is -1.52. The fraction of sp³-hybridized carbons (Fsp3) is 0.750. The van der Waals surface area contributed by atoms with Crippen LogP contribution in [0.25, 0.3) is 0 Å². The second-order valence-corrected chi connectivity index (χ2v) is 2.93. The number of hydrogen-bond acceptors (Lipinski definition) is 4. The van der Waals surface area contributed by atoms with E-state index in [1.165, 1.54) is 4.90 Å². The standard InChI is InChI=1S/C8H17NO3/c1-6(2)12-8(11)9(4)5-7(3)10/h7-8,10-11H,1,5H2,2-4H3/t7-,8+/m1/s1. The number of rotatable bonds is 5. The maximum Gasteiger partial charge on any atom is 0.259 e. The van der Waals surface area contributed by atoms with Crippen molar-refractivity contribution < 1.29 is 14.9 Å². The minimum absolute atomic E-state index is 0.356. The summed E-state index contributed by atoms with van der Waals surface area (Å²) in [6.45, 7) is 7.14. The molecule has 0 aliphatic carbocycles. The molecule has 72 valence electrons. The van der Waals surface area contributed by atoms with Gasteiger partial charge in [-0.05, 0) is 20.9 Å². The maximum absolute atomic E-state index is 9.27. The van der Waals surface area contributed by atoms with Crippen molar-refractivity contribution >= 4 is 0 Å². The molecule has 2 N–H and O–H groups in total. The van der Waals surface area contributed by atoms with Gasteiger partial charge in [-0.15, -0.1) is 0 Å². The minimum Gasteiger partial charge on any atom is -0.457 e. The van der Waals surface area contributed by atoms with E-state index in [0.29, 0.717) is 12.3 Å². The molecule has 0 aromatic carbocycles. The van der Waals surface area contributed by atoms with E-state index in [4.69, 9.17) is 9.84 Å². The SMILES string of the molecule is C=C(C)O[C@H](O)N(C)C[C@@H](C)O. The molecule has 0 rings (SSSR count). The van der Waals surface area contributed by atoms with Crippen LogP contribution in [0.3, 0.4) is 0 Å². The maximum atomic E-state index is 9.27. The molecule has 0 radical (unpaired) electrons. The number of aliphatic hydroxyl groups is 2. The zero-order chi connectivity index (χ0) is 9.72. The highest BCUT2D eigenvalue weighted by Crippen LogP contribution is 2.01. The summed E-state index contributed by atoms with van der Waals surface area (Å²) < 4.78 is 4.89. The molecule has 0 saturated carbocycles. The summed E-state index contributed by atoms with van der Waals surface area (Å²) in [5.41, 5.74) is 0. The minimum atomic E-state index is -1.03. The lowest BCUT2D eigenvalue weighted by molar-refractivity contribution is -0.165. The molecular weight excluding hydrogens is 158 g/mol. The average molecular weight is 175 g/mol. The van der Waals surface area contributed by atoms with Crippen LogP contribution in [0.4, 0.5) is 0 Å². The predicted molar refractivity (Wildman–Crippen MR) is 46.2 cm³/mol. The first-order valence-electron chi connectivity index (χ1n) is 3.82. The number of allylic oxidation sites excluding steroid dienone is 1. The van der Waals surface area contributed by atoms with Gasteiger partial charge in [-0.25, -0.2) is 4.90 Å². The molecule has 0 aliphatic rings. The highest BCUT2D eigenvalue weighted by Gasteiger charge is 2.13. The first-order valence-corrected chi connectivity index (χ1v) is 3.82. The molecule has 0 saturated heterocycles. The molecule has 0 bridgehead atoms. The molecule has 0 amide bonds. The highest BCUT2D eigenvalue weighted by molar-refractivity contribution is 4.74. The summed E-state index contributed by atoms with van der Waals surface area (Å²) in [5.74, 6) is 0.444. The molecule has 0 aromatic heterocycles. The molecule has 12 heavy (non-hydrogen) atoms. The van der Waals surface area contributed by atoms with Gasteiger partial charge in [-0.3, -0.25) is 0 Å². The molecule has 0 heterocycles. The van der Waals surface area contributed by atoms with E-state index in [-0.39, 0.29) is 0 Å². The Bertz CT molecular complexity index is 147. The summed E-state index contributed by atoms with van der Waals surface area (Å²) in [7, 11) is 1.65. The number of hydrogen-bond donors (Lipinski definition) is 2. The third-order valence-electron chi connectivity index (χ3n) is 1.24.